The van der Waals surface area contributed by atoms with Crippen LogP contribution in [0.4, 0.5) is 4.79 Å². The molecule has 7 nitrogen and oxygen atoms in total. The molecule has 0 unspecified atom stereocenters. The fraction of sp³-hybridized carbons (Fsp3) is 0.750. The number of aromatic nitrogens is 2. The highest BCUT2D eigenvalue weighted by Crippen LogP contribution is 2.21. The number of rotatable bonds is 2. The van der Waals surface area contributed by atoms with Crippen LogP contribution in [0.25, 0.3) is 0 Å². The lowest BCUT2D eigenvalue weighted by Gasteiger charge is -2.23. The summed E-state index contributed by atoms with van der Waals surface area (Å²) >= 11 is 0. The van der Waals surface area contributed by atoms with Crippen LogP contribution >= 0.6 is 0 Å². The van der Waals surface area contributed by atoms with Crippen molar-refractivity contribution in [3.8, 4) is 0 Å². The Labute approximate surface area is 112 Å². The highest BCUT2D eigenvalue weighted by Gasteiger charge is 2.33. The van der Waals surface area contributed by atoms with E-state index in [-0.39, 0.29) is 12.1 Å². The van der Waals surface area contributed by atoms with Crippen LogP contribution in [0.2, 0.25) is 0 Å². The highest BCUT2D eigenvalue weighted by molar-refractivity contribution is 5.68. The van der Waals surface area contributed by atoms with E-state index in [0.717, 1.165) is 13.0 Å². The van der Waals surface area contributed by atoms with Crippen LogP contribution in [0.5, 0.6) is 0 Å². The number of ether oxygens (including phenoxy) is 1. The Bertz CT molecular complexity index is 452. The van der Waals surface area contributed by atoms with E-state index in [4.69, 9.17) is 9.26 Å². The predicted octanol–water partition coefficient (Wildman–Crippen LogP) is 1.31. The Balaban J connectivity index is 1.98. The Morgan fingerprint density at radius 2 is 2.26 bits per heavy atom. The molecule has 0 aromatic carbocycles. The van der Waals surface area contributed by atoms with Gasteiger partial charge in [0.1, 0.15) is 5.60 Å². The molecule has 19 heavy (non-hydrogen) atoms. The minimum Gasteiger partial charge on any atom is -0.444 e. The van der Waals surface area contributed by atoms with Gasteiger partial charge in [0, 0.05) is 6.92 Å². The van der Waals surface area contributed by atoms with Gasteiger partial charge in [-0.1, -0.05) is 5.16 Å². The second kappa shape index (κ2) is 5.16. The fourth-order valence-electron chi connectivity index (χ4n) is 2.03. The third-order valence-electron chi connectivity index (χ3n) is 2.75. The summed E-state index contributed by atoms with van der Waals surface area (Å²) in [7, 11) is 0. The number of nitrogens with one attached hydrogen (secondary N) is 2. The number of nitrogens with zero attached hydrogens (tertiary/aromatic N) is 2. The molecule has 2 N–H and O–H groups in total. The van der Waals surface area contributed by atoms with E-state index in [2.05, 4.69) is 20.8 Å². The number of alkyl carbamates (subject to hydrolysis) is 1. The first-order valence-corrected chi connectivity index (χ1v) is 6.38. The zero-order valence-electron chi connectivity index (χ0n) is 11.7. The number of amides is 1. The standard InChI is InChI=1S/C12H20N4O3/c1-7-14-10(16-19-7)9-8(5-6-13-9)15-11(17)18-12(2,3)4/h8-9,13H,5-6H2,1-4H3,(H,15,17)/t8-,9-/m1/s1. The van der Waals surface area contributed by atoms with Gasteiger partial charge in [-0.05, 0) is 33.7 Å². The molecule has 106 valence electrons. The van der Waals surface area contributed by atoms with E-state index in [1.807, 2.05) is 20.8 Å². The molecule has 0 aliphatic carbocycles. The Morgan fingerprint density at radius 3 is 2.84 bits per heavy atom. The Hall–Kier alpha value is -1.63. The van der Waals surface area contributed by atoms with Crippen molar-refractivity contribution in [2.24, 2.45) is 0 Å². The molecule has 1 fully saturated rings. The second-order valence-electron chi connectivity index (χ2n) is 5.64. The van der Waals surface area contributed by atoms with Crippen LogP contribution < -0.4 is 10.6 Å². The quantitative estimate of drug-likeness (QED) is 0.840. The van der Waals surface area contributed by atoms with Gasteiger partial charge in [0.2, 0.25) is 5.89 Å². The van der Waals surface area contributed by atoms with Crippen LogP contribution in [0.3, 0.4) is 0 Å². The average Bonchev–Trinajstić information content (AvgIpc) is 2.83. The van der Waals surface area contributed by atoms with Crippen molar-refractivity contribution in [1.29, 1.82) is 0 Å². The molecule has 1 saturated heterocycles. The van der Waals surface area contributed by atoms with E-state index < -0.39 is 11.7 Å². The first-order chi connectivity index (χ1) is 8.85. The van der Waals surface area contributed by atoms with E-state index in [0.29, 0.717) is 11.7 Å². The van der Waals surface area contributed by atoms with E-state index in [1.165, 1.54) is 0 Å². The lowest BCUT2D eigenvalue weighted by atomic mass is 10.1. The van der Waals surface area contributed by atoms with Crippen molar-refractivity contribution in [2.45, 2.75) is 51.8 Å². The lowest BCUT2D eigenvalue weighted by Crippen LogP contribution is -2.41. The van der Waals surface area contributed by atoms with Crippen molar-refractivity contribution in [1.82, 2.24) is 20.8 Å². The molecule has 0 bridgehead atoms. The summed E-state index contributed by atoms with van der Waals surface area (Å²) < 4.78 is 10.2. The van der Waals surface area contributed by atoms with Crippen molar-refractivity contribution in [2.75, 3.05) is 6.54 Å². The first kappa shape index (κ1) is 13.8. The monoisotopic (exact) mass is 268 g/mol. The van der Waals surface area contributed by atoms with Crippen LogP contribution in [0, 0.1) is 6.92 Å². The molecule has 1 aromatic rings. The lowest BCUT2D eigenvalue weighted by molar-refractivity contribution is 0.0499. The molecule has 1 aliphatic rings. The van der Waals surface area contributed by atoms with Crippen LogP contribution in [0.1, 0.15) is 44.9 Å². The van der Waals surface area contributed by atoms with Gasteiger partial charge < -0.3 is 19.9 Å². The molecule has 1 amide bonds. The van der Waals surface area contributed by atoms with Crippen LogP contribution in [-0.2, 0) is 4.74 Å². The summed E-state index contributed by atoms with van der Waals surface area (Å²) in [5.41, 5.74) is -0.506. The van der Waals surface area contributed by atoms with Gasteiger partial charge in [-0.25, -0.2) is 4.79 Å². The minimum atomic E-state index is -0.506. The molecular weight excluding hydrogens is 248 g/mol. The molecule has 0 radical (unpaired) electrons. The average molecular weight is 268 g/mol. The molecule has 1 aliphatic heterocycles. The maximum Gasteiger partial charge on any atom is 0.407 e. The van der Waals surface area contributed by atoms with Gasteiger partial charge in [0.05, 0.1) is 12.1 Å². The van der Waals surface area contributed by atoms with Crippen LogP contribution in [-0.4, -0.2) is 34.4 Å². The van der Waals surface area contributed by atoms with Gasteiger partial charge >= 0.3 is 6.09 Å². The predicted molar refractivity (Wildman–Crippen MR) is 67.6 cm³/mol. The zero-order valence-corrected chi connectivity index (χ0v) is 11.7. The number of carbonyl (C=O) groups is 1. The molecule has 2 heterocycles. The maximum atomic E-state index is 11.8. The van der Waals surface area contributed by atoms with E-state index in [1.54, 1.807) is 6.92 Å². The topological polar surface area (TPSA) is 89.3 Å². The van der Waals surface area contributed by atoms with Crippen molar-refractivity contribution >= 4 is 6.09 Å². The summed E-state index contributed by atoms with van der Waals surface area (Å²) in [5.74, 6) is 1.08. The second-order valence-corrected chi connectivity index (χ2v) is 5.64. The van der Waals surface area contributed by atoms with E-state index >= 15 is 0 Å². The summed E-state index contributed by atoms with van der Waals surface area (Å²) in [5, 5.41) is 9.99. The molecule has 0 saturated carbocycles. The zero-order chi connectivity index (χ0) is 14.0. The number of aryl methyl sites for hydroxylation is 1. The van der Waals surface area contributed by atoms with Crippen LogP contribution in [0.15, 0.2) is 4.52 Å². The van der Waals surface area contributed by atoms with Crippen molar-refractivity contribution < 1.29 is 14.1 Å². The summed E-state index contributed by atoms with van der Waals surface area (Å²) in [4.78, 5) is 16.0. The SMILES string of the molecule is Cc1nc([C@@H]2NCC[C@H]2NC(=O)OC(C)(C)C)no1. The smallest absolute Gasteiger partial charge is 0.407 e. The third kappa shape index (κ3) is 3.66. The minimum absolute atomic E-state index is 0.0909. The summed E-state index contributed by atoms with van der Waals surface area (Å²) in [6.07, 6.45) is 0.378. The molecule has 2 atom stereocenters. The van der Waals surface area contributed by atoms with Crippen molar-refractivity contribution in [3.05, 3.63) is 11.7 Å². The maximum absolute atomic E-state index is 11.8. The van der Waals surface area contributed by atoms with Gasteiger partial charge in [-0.2, -0.15) is 4.98 Å². The Kier molecular flexibility index (Phi) is 3.75. The highest BCUT2D eigenvalue weighted by atomic mass is 16.6. The molecular formula is C12H20N4O3. The fourth-order valence-corrected chi connectivity index (χ4v) is 2.03. The van der Waals surface area contributed by atoms with E-state index in [9.17, 15) is 4.79 Å². The van der Waals surface area contributed by atoms with Gasteiger partial charge in [0.15, 0.2) is 5.82 Å². The van der Waals surface area contributed by atoms with Gasteiger partial charge in [-0.3, -0.25) is 0 Å². The number of hydrogen-bond acceptors (Lipinski definition) is 6. The first-order valence-electron chi connectivity index (χ1n) is 6.38. The van der Waals surface area contributed by atoms with Gasteiger partial charge in [0.25, 0.3) is 0 Å². The normalized spacial score (nSPS) is 23.4. The third-order valence-corrected chi connectivity index (χ3v) is 2.75. The number of carbonyl (C=O) groups excluding carboxylic acids is 1. The summed E-state index contributed by atoms with van der Waals surface area (Å²) in [6, 6.07) is -0.225. The molecule has 2 rings (SSSR count). The summed E-state index contributed by atoms with van der Waals surface area (Å²) in [6.45, 7) is 8.03. The molecule has 0 spiro atoms. The Morgan fingerprint density at radius 1 is 1.53 bits per heavy atom. The largest absolute Gasteiger partial charge is 0.444 e. The molecule has 7 heteroatoms. The van der Waals surface area contributed by atoms with Crippen molar-refractivity contribution in [3.63, 3.8) is 0 Å². The molecule has 1 aromatic heterocycles. The number of hydrogen-bond donors (Lipinski definition) is 2. The van der Waals surface area contributed by atoms with Gasteiger partial charge in [-0.15, -0.1) is 0 Å².